The lowest BCUT2D eigenvalue weighted by atomic mass is 10.0. The summed E-state index contributed by atoms with van der Waals surface area (Å²) in [5.41, 5.74) is 5.89. The quantitative estimate of drug-likeness (QED) is 0.512. The Balaban J connectivity index is 2.75. The molecular weight excluding hydrogens is 114 g/mol. The smallest absolute Gasteiger partial charge is 0.134 e. The zero-order valence-corrected chi connectivity index (χ0v) is 5.46. The lowest BCUT2D eigenvalue weighted by Crippen LogP contribution is -2.07. The Kier molecular flexibility index (Phi) is 1.47. The summed E-state index contributed by atoms with van der Waals surface area (Å²) >= 11 is 0. The van der Waals surface area contributed by atoms with Crippen molar-refractivity contribution >= 4 is 0 Å². The number of aliphatic hydroxyl groups is 1. The Morgan fingerprint density at radius 2 is 2.44 bits per heavy atom. The van der Waals surface area contributed by atoms with E-state index < -0.39 is 0 Å². The first-order valence-electron chi connectivity index (χ1n) is 3.07. The molecule has 2 heteroatoms. The van der Waals surface area contributed by atoms with Crippen LogP contribution in [0.5, 0.6) is 0 Å². The molecule has 3 N–H and O–H groups in total. The van der Waals surface area contributed by atoms with E-state index in [0.29, 0.717) is 11.6 Å². The number of hydrogen-bond donors (Lipinski definition) is 2. The zero-order valence-electron chi connectivity index (χ0n) is 5.46. The highest BCUT2D eigenvalue weighted by Crippen LogP contribution is 2.16. The summed E-state index contributed by atoms with van der Waals surface area (Å²) in [4.78, 5) is 0. The Morgan fingerprint density at radius 3 is 2.89 bits per heavy atom. The summed E-state index contributed by atoms with van der Waals surface area (Å²) in [6.07, 6.45) is 4.56. The Hall–Kier alpha value is -0.920. The minimum Gasteiger partial charge on any atom is -0.506 e. The monoisotopic (exact) mass is 125 g/mol. The van der Waals surface area contributed by atoms with E-state index in [4.69, 9.17) is 10.8 Å². The Morgan fingerprint density at radius 1 is 1.78 bits per heavy atom. The maximum absolute atomic E-state index is 9.02. The average Bonchev–Trinajstić information content (AvgIpc) is 1.80. The van der Waals surface area contributed by atoms with E-state index in [0.717, 1.165) is 6.42 Å². The van der Waals surface area contributed by atoms with Crippen LogP contribution in [0.4, 0.5) is 0 Å². The van der Waals surface area contributed by atoms with Gasteiger partial charge in [-0.25, -0.2) is 0 Å². The molecule has 0 aromatic rings. The van der Waals surface area contributed by atoms with Gasteiger partial charge in [-0.3, -0.25) is 0 Å². The molecule has 0 heterocycles. The molecule has 0 aliphatic heterocycles. The molecule has 0 fully saturated rings. The van der Waals surface area contributed by atoms with E-state index in [9.17, 15) is 0 Å². The summed E-state index contributed by atoms with van der Waals surface area (Å²) in [6, 6.07) is 0. The third-order valence-electron chi connectivity index (χ3n) is 1.45. The van der Waals surface area contributed by atoms with E-state index in [-0.39, 0.29) is 5.76 Å². The molecule has 1 aliphatic rings. The largest absolute Gasteiger partial charge is 0.506 e. The molecule has 0 saturated heterocycles. The van der Waals surface area contributed by atoms with Crippen LogP contribution in [0.15, 0.2) is 23.6 Å². The molecular formula is C7H11NO. The van der Waals surface area contributed by atoms with Crippen LogP contribution >= 0.6 is 0 Å². The minimum atomic E-state index is 0.230. The molecule has 1 unspecified atom stereocenters. The molecule has 0 amide bonds. The summed E-state index contributed by atoms with van der Waals surface area (Å²) < 4.78 is 0. The van der Waals surface area contributed by atoms with Gasteiger partial charge in [0.05, 0.1) is 5.70 Å². The van der Waals surface area contributed by atoms with Crippen molar-refractivity contribution in [2.45, 2.75) is 13.3 Å². The van der Waals surface area contributed by atoms with Crippen molar-refractivity contribution in [3.63, 3.8) is 0 Å². The third-order valence-corrected chi connectivity index (χ3v) is 1.45. The van der Waals surface area contributed by atoms with Crippen LogP contribution in [0.1, 0.15) is 13.3 Å². The molecule has 1 aliphatic carbocycles. The number of allylic oxidation sites excluding steroid dienone is 2. The molecule has 0 spiro atoms. The van der Waals surface area contributed by atoms with Crippen LogP contribution in [0.3, 0.4) is 0 Å². The standard InChI is InChI=1S/C7H11NO/c1-5-2-3-6(8)7(9)4-5/h3-5,9H,2,8H2,1H3. The number of rotatable bonds is 0. The van der Waals surface area contributed by atoms with Crippen molar-refractivity contribution in [2.24, 2.45) is 11.7 Å². The van der Waals surface area contributed by atoms with Gasteiger partial charge in [0, 0.05) is 0 Å². The first-order valence-corrected chi connectivity index (χ1v) is 3.07. The molecule has 9 heavy (non-hydrogen) atoms. The maximum atomic E-state index is 9.02. The molecule has 1 atom stereocenters. The van der Waals surface area contributed by atoms with Crippen molar-refractivity contribution in [1.82, 2.24) is 0 Å². The van der Waals surface area contributed by atoms with E-state index in [1.54, 1.807) is 6.08 Å². The fraction of sp³-hybridized carbons (Fsp3) is 0.429. The number of nitrogens with two attached hydrogens (primary N) is 1. The minimum absolute atomic E-state index is 0.230. The second-order valence-electron chi connectivity index (χ2n) is 2.42. The van der Waals surface area contributed by atoms with Crippen LogP contribution in [0, 0.1) is 5.92 Å². The van der Waals surface area contributed by atoms with E-state index in [1.807, 2.05) is 13.0 Å². The summed E-state index contributed by atoms with van der Waals surface area (Å²) in [5.74, 6) is 0.658. The fourth-order valence-electron chi connectivity index (χ4n) is 0.851. The first kappa shape index (κ1) is 6.20. The summed E-state index contributed by atoms with van der Waals surface area (Å²) in [5, 5.41) is 9.02. The van der Waals surface area contributed by atoms with Crippen molar-refractivity contribution < 1.29 is 5.11 Å². The van der Waals surface area contributed by atoms with Crippen LogP contribution in [-0.4, -0.2) is 5.11 Å². The van der Waals surface area contributed by atoms with E-state index >= 15 is 0 Å². The summed E-state index contributed by atoms with van der Waals surface area (Å²) in [7, 11) is 0. The van der Waals surface area contributed by atoms with Crippen molar-refractivity contribution in [2.75, 3.05) is 0 Å². The van der Waals surface area contributed by atoms with Crippen LogP contribution in [0.2, 0.25) is 0 Å². The van der Waals surface area contributed by atoms with Crippen LogP contribution < -0.4 is 5.73 Å². The molecule has 50 valence electrons. The highest BCUT2D eigenvalue weighted by atomic mass is 16.3. The van der Waals surface area contributed by atoms with Gasteiger partial charge in [0.1, 0.15) is 5.76 Å². The first-order chi connectivity index (χ1) is 4.20. The van der Waals surface area contributed by atoms with Gasteiger partial charge in [-0.2, -0.15) is 0 Å². The van der Waals surface area contributed by atoms with Crippen molar-refractivity contribution in [3.05, 3.63) is 23.6 Å². The second-order valence-corrected chi connectivity index (χ2v) is 2.42. The second kappa shape index (κ2) is 2.13. The molecule has 0 saturated carbocycles. The predicted molar refractivity (Wildman–Crippen MR) is 36.8 cm³/mol. The zero-order chi connectivity index (χ0) is 6.85. The van der Waals surface area contributed by atoms with E-state index in [2.05, 4.69) is 0 Å². The average molecular weight is 125 g/mol. The Bertz CT molecular complexity index is 170. The van der Waals surface area contributed by atoms with Gasteiger partial charge in [-0.05, 0) is 18.4 Å². The molecule has 0 aromatic heterocycles. The van der Waals surface area contributed by atoms with Gasteiger partial charge in [0.15, 0.2) is 0 Å². The number of hydrogen-bond acceptors (Lipinski definition) is 2. The van der Waals surface area contributed by atoms with Gasteiger partial charge >= 0.3 is 0 Å². The summed E-state index contributed by atoms with van der Waals surface area (Å²) in [6.45, 7) is 2.04. The van der Waals surface area contributed by atoms with E-state index in [1.165, 1.54) is 0 Å². The highest BCUT2D eigenvalue weighted by Gasteiger charge is 2.07. The maximum Gasteiger partial charge on any atom is 0.134 e. The van der Waals surface area contributed by atoms with Gasteiger partial charge in [-0.1, -0.05) is 13.0 Å². The van der Waals surface area contributed by atoms with Crippen LogP contribution in [0.25, 0.3) is 0 Å². The lowest BCUT2D eigenvalue weighted by molar-refractivity contribution is 0.408. The predicted octanol–water partition coefficient (Wildman–Crippen LogP) is 1.31. The topological polar surface area (TPSA) is 46.2 Å². The fourth-order valence-corrected chi connectivity index (χ4v) is 0.851. The molecule has 0 bridgehead atoms. The molecule has 2 nitrogen and oxygen atoms in total. The SMILES string of the molecule is CC1C=C(O)C(N)=CC1. The molecule has 1 rings (SSSR count). The normalized spacial score (nSPS) is 27.0. The van der Waals surface area contributed by atoms with Crippen LogP contribution in [-0.2, 0) is 0 Å². The van der Waals surface area contributed by atoms with Crippen molar-refractivity contribution in [1.29, 1.82) is 0 Å². The highest BCUT2D eigenvalue weighted by molar-refractivity contribution is 5.25. The van der Waals surface area contributed by atoms with Crippen molar-refractivity contribution in [3.8, 4) is 0 Å². The number of aliphatic hydroxyl groups excluding tert-OH is 1. The van der Waals surface area contributed by atoms with Gasteiger partial charge in [0.2, 0.25) is 0 Å². The van der Waals surface area contributed by atoms with Gasteiger partial charge in [0.25, 0.3) is 0 Å². The Labute approximate surface area is 54.7 Å². The van der Waals surface area contributed by atoms with Gasteiger partial charge in [-0.15, -0.1) is 0 Å². The molecule has 0 aromatic carbocycles. The lowest BCUT2D eigenvalue weighted by Gasteiger charge is -2.10. The third kappa shape index (κ3) is 1.25. The van der Waals surface area contributed by atoms with Gasteiger partial charge < -0.3 is 10.8 Å². The molecule has 0 radical (unpaired) electrons.